The normalized spacial score (nSPS) is 10.4. The molecule has 0 atom stereocenters. The predicted octanol–water partition coefficient (Wildman–Crippen LogP) is 2.56. The Kier molecular flexibility index (Phi) is 5.13. The Balaban J connectivity index is 1.58. The van der Waals surface area contributed by atoms with Crippen molar-refractivity contribution in [2.45, 2.75) is 6.61 Å². The van der Waals surface area contributed by atoms with Crippen molar-refractivity contribution in [2.24, 2.45) is 0 Å². The number of carbonyl (C=O) groups excluding carboxylic acids is 2. The van der Waals surface area contributed by atoms with Gasteiger partial charge in [0.05, 0.1) is 11.1 Å². The fraction of sp³-hybridized carbons (Fsp3) is 0.105. The molecule has 3 rings (SSSR count). The van der Waals surface area contributed by atoms with Gasteiger partial charge in [-0.3, -0.25) is 9.59 Å². The summed E-state index contributed by atoms with van der Waals surface area (Å²) in [5.74, 6) is -3.70. The van der Waals surface area contributed by atoms with E-state index < -0.39 is 30.1 Å². The zero-order valence-corrected chi connectivity index (χ0v) is 13.9. The Labute approximate surface area is 152 Å². The Morgan fingerprint density at radius 3 is 2.74 bits per heavy atom. The lowest BCUT2D eigenvalue weighted by atomic mass is 10.2. The van der Waals surface area contributed by atoms with Crippen molar-refractivity contribution >= 4 is 17.4 Å². The van der Waals surface area contributed by atoms with Gasteiger partial charge in [0.25, 0.3) is 5.91 Å². The van der Waals surface area contributed by atoms with E-state index in [9.17, 15) is 23.6 Å². The molecule has 0 fully saturated rings. The highest BCUT2D eigenvalue weighted by atomic mass is 19.2. The van der Waals surface area contributed by atoms with E-state index in [0.717, 1.165) is 18.2 Å². The number of fused-ring (bicyclic) bond motifs is 1. The number of ether oxygens (including phenoxy) is 1. The number of esters is 1. The molecule has 1 amide bonds. The number of amides is 1. The number of hydrogen-bond acceptors (Lipinski definition) is 4. The molecule has 27 heavy (non-hydrogen) atoms. The molecule has 1 aromatic carbocycles. The third-order valence-electron chi connectivity index (χ3n) is 3.84. The molecule has 0 unspecified atom stereocenters. The van der Waals surface area contributed by atoms with Crippen LogP contribution in [0.1, 0.15) is 21.5 Å². The molecule has 2 aromatic heterocycles. The molecule has 1 N–H and O–H groups in total. The molecule has 3 aromatic rings. The average Bonchev–Trinajstić information content (AvgIpc) is 3.04. The van der Waals surface area contributed by atoms with Gasteiger partial charge in [-0.25, -0.2) is 8.78 Å². The second-order valence-electron chi connectivity index (χ2n) is 5.61. The summed E-state index contributed by atoms with van der Waals surface area (Å²) in [6, 6.07) is 10.1. The Morgan fingerprint density at radius 2 is 2.00 bits per heavy atom. The number of pyridine rings is 1. The van der Waals surface area contributed by atoms with Gasteiger partial charge >= 0.3 is 5.97 Å². The van der Waals surface area contributed by atoms with Gasteiger partial charge in [-0.15, -0.1) is 0 Å². The van der Waals surface area contributed by atoms with E-state index in [0.29, 0.717) is 16.6 Å². The second-order valence-corrected chi connectivity index (χ2v) is 5.61. The summed E-state index contributed by atoms with van der Waals surface area (Å²) in [5.41, 5.74) is 1.50. The molecule has 0 spiro atoms. The van der Waals surface area contributed by atoms with Crippen LogP contribution in [0.25, 0.3) is 5.52 Å². The minimum Gasteiger partial charge on any atom is -0.459 e. The van der Waals surface area contributed by atoms with Crippen LogP contribution in [-0.4, -0.2) is 22.8 Å². The maximum atomic E-state index is 13.1. The summed E-state index contributed by atoms with van der Waals surface area (Å²) in [4.78, 5) is 23.7. The lowest BCUT2D eigenvalue weighted by molar-refractivity contribution is -0.143. The highest BCUT2D eigenvalue weighted by Gasteiger charge is 2.14. The van der Waals surface area contributed by atoms with Crippen molar-refractivity contribution < 1.29 is 23.1 Å². The summed E-state index contributed by atoms with van der Waals surface area (Å²) >= 11 is 0. The molecule has 136 valence electrons. The fourth-order valence-electron chi connectivity index (χ4n) is 2.52. The largest absolute Gasteiger partial charge is 0.459 e. The Morgan fingerprint density at radius 1 is 1.19 bits per heavy atom. The maximum Gasteiger partial charge on any atom is 0.325 e. The molecular weight excluding hydrogens is 356 g/mol. The summed E-state index contributed by atoms with van der Waals surface area (Å²) < 4.78 is 32.8. The molecule has 6 nitrogen and oxygen atoms in total. The van der Waals surface area contributed by atoms with Crippen LogP contribution in [0.5, 0.6) is 0 Å². The first kappa shape index (κ1) is 18.1. The first-order chi connectivity index (χ1) is 13.0. The molecule has 0 aliphatic heterocycles. The van der Waals surface area contributed by atoms with E-state index in [1.807, 2.05) is 0 Å². The molecule has 8 heteroatoms. The number of nitrogens with one attached hydrogen (secondary N) is 1. The van der Waals surface area contributed by atoms with Crippen LogP contribution in [0.3, 0.4) is 0 Å². The van der Waals surface area contributed by atoms with Crippen molar-refractivity contribution in [3.63, 3.8) is 0 Å². The third-order valence-corrected chi connectivity index (χ3v) is 3.84. The van der Waals surface area contributed by atoms with Crippen LogP contribution >= 0.6 is 0 Å². The summed E-state index contributed by atoms with van der Waals surface area (Å²) in [7, 11) is 0. The van der Waals surface area contributed by atoms with E-state index in [1.54, 1.807) is 35.0 Å². The lowest BCUT2D eigenvalue weighted by Crippen LogP contribution is -2.30. The highest BCUT2D eigenvalue weighted by Crippen LogP contribution is 2.18. The summed E-state index contributed by atoms with van der Waals surface area (Å²) in [6.45, 7) is -0.586. The third kappa shape index (κ3) is 3.93. The number of nitriles is 1. The fourth-order valence-corrected chi connectivity index (χ4v) is 2.52. The van der Waals surface area contributed by atoms with Crippen LogP contribution in [-0.2, 0) is 16.1 Å². The number of benzene rings is 1. The number of aromatic nitrogens is 1. The maximum absolute atomic E-state index is 13.1. The number of carbonyl (C=O) groups is 2. The van der Waals surface area contributed by atoms with Crippen molar-refractivity contribution in [1.82, 2.24) is 9.72 Å². The molecule has 0 bridgehead atoms. The number of rotatable bonds is 5. The van der Waals surface area contributed by atoms with E-state index in [1.165, 1.54) is 0 Å². The summed E-state index contributed by atoms with van der Waals surface area (Å²) in [5, 5.41) is 11.6. The van der Waals surface area contributed by atoms with Gasteiger partial charge in [-0.1, -0.05) is 6.07 Å². The molecule has 0 radical (unpaired) electrons. The average molecular weight is 369 g/mol. The predicted molar refractivity (Wildman–Crippen MR) is 90.6 cm³/mol. The summed E-state index contributed by atoms with van der Waals surface area (Å²) in [6.07, 6.45) is 3.45. The number of hydrogen-bond donors (Lipinski definition) is 1. The smallest absolute Gasteiger partial charge is 0.325 e. The van der Waals surface area contributed by atoms with Gasteiger partial charge in [-0.05, 0) is 30.3 Å². The monoisotopic (exact) mass is 369 g/mol. The topological polar surface area (TPSA) is 83.6 Å². The van der Waals surface area contributed by atoms with Gasteiger partial charge < -0.3 is 14.5 Å². The van der Waals surface area contributed by atoms with Crippen molar-refractivity contribution in [2.75, 3.05) is 6.54 Å². The van der Waals surface area contributed by atoms with Gasteiger partial charge in [0.15, 0.2) is 11.6 Å². The second kappa shape index (κ2) is 7.66. The van der Waals surface area contributed by atoms with Gasteiger partial charge in [-0.2, -0.15) is 5.26 Å². The van der Waals surface area contributed by atoms with Crippen molar-refractivity contribution in [1.29, 1.82) is 5.26 Å². The minimum atomic E-state index is -1.16. The van der Waals surface area contributed by atoms with Gasteiger partial charge in [0.1, 0.15) is 19.2 Å². The molecular formula is C19H13F2N3O3. The highest BCUT2D eigenvalue weighted by molar-refractivity contribution is 5.95. The molecule has 0 saturated carbocycles. The van der Waals surface area contributed by atoms with Crippen LogP contribution in [0, 0.1) is 23.0 Å². The Bertz CT molecular complexity index is 1070. The van der Waals surface area contributed by atoms with Gasteiger partial charge in [0.2, 0.25) is 0 Å². The molecule has 0 aliphatic carbocycles. The zero-order chi connectivity index (χ0) is 19.4. The SMILES string of the molecule is N#Cc1c(COC(=O)CNC(=O)c2ccc(F)c(F)c2)cn2ccccc12. The van der Waals surface area contributed by atoms with Crippen LogP contribution in [0.2, 0.25) is 0 Å². The molecule has 0 saturated heterocycles. The number of halogens is 2. The molecule has 2 heterocycles. The standard InChI is InChI=1S/C19H13F2N3O3/c20-15-5-4-12(7-16(15)21)19(26)23-9-18(25)27-11-13-10-24-6-2-1-3-17(24)14(13)8-22/h1-7,10H,9,11H2,(H,23,26). The first-order valence-electron chi connectivity index (χ1n) is 7.87. The van der Waals surface area contributed by atoms with E-state index in [4.69, 9.17) is 4.74 Å². The first-order valence-corrected chi connectivity index (χ1v) is 7.87. The van der Waals surface area contributed by atoms with Gasteiger partial charge in [0, 0.05) is 23.5 Å². The lowest BCUT2D eigenvalue weighted by Gasteiger charge is -2.06. The van der Waals surface area contributed by atoms with Crippen LogP contribution < -0.4 is 5.32 Å². The number of nitrogens with zero attached hydrogens (tertiary/aromatic N) is 2. The van der Waals surface area contributed by atoms with Crippen molar-refractivity contribution in [3.05, 3.63) is 77.1 Å². The minimum absolute atomic E-state index is 0.118. The van der Waals surface area contributed by atoms with E-state index in [2.05, 4.69) is 11.4 Å². The zero-order valence-electron chi connectivity index (χ0n) is 13.9. The quantitative estimate of drug-likeness (QED) is 0.701. The van der Waals surface area contributed by atoms with E-state index >= 15 is 0 Å². The van der Waals surface area contributed by atoms with Crippen molar-refractivity contribution in [3.8, 4) is 6.07 Å². The van der Waals surface area contributed by atoms with E-state index in [-0.39, 0.29) is 12.2 Å². The van der Waals surface area contributed by atoms with Crippen LogP contribution in [0.4, 0.5) is 8.78 Å². The Hall–Kier alpha value is -3.73. The molecule has 0 aliphatic rings. The van der Waals surface area contributed by atoms with Crippen LogP contribution in [0.15, 0.2) is 48.8 Å².